The highest BCUT2D eigenvalue weighted by molar-refractivity contribution is 6.30. The molecule has 1 saturated heterocycles. The summed E-state index contributed by atoms with van der Waals surface area (Å²) < 4.78 is 0. The zero-order chi connectivity index (χ0) is 23.6. The number of carbonyl (C=O) groups is 1. The average Bonchev–Trinajstić information content (AvgIpc) is 2.80. The predicted molar refractivity (Wildman–Crippen MR) is 134 cm³/mol. The molecule has 5 nitrogen and oxygen atoms in total. The Kier molecular flexibility index (Phi) is 7.13. The maximum absolute atomic E-state index is 11.2. The molecule has 33 heavy (non-hydrogen) atoms. The largest absolute Gasteiger partial charge is 0.478 e. The van der Waals surface area contributed by atoms with Crippen molar-refractivity contribution in [2.24, 2.45) is 5.41 Å². The van der Waals surface area contributed by atoms with Crippen LogP contribution in [0.15, 0.2) is 54.1 Å². The van der Waals surface area contributed by atoms with Crippen molar-refractivity contribution < 1.29 is 15.0 Å². The highest BCUT2D eigenvalue weighted by atomic mass is 35.5. The molecule has 1 atom stereocenters. The number of nitrogens with zero attached hydrogens (tertiary/aromatic N) is 2. The number of carboxylic acid groups (broad SMARTS) is 1. The molecule has 2 aromatic rings. The van der Waals surface area contributed by atoms with Gasteiger partial charge in [0, 0.05) is 36.9 Å². The summed E-state index contributed by atoms with van der Waals surface area (Å²) in [6.45, 7) is 8.14. The van der Waals surface area contributed by atoms with Crippen molar-refractivity contribution in [2.45, 2.75) is 39.2 Å². The molecule has 6 heteroatoms. The van der Waals surface area contributed by atoms with Gasteiger partial charge in [-0.1, -0.05) is 43.2 Å². The average molecular weight is 469 g/mol. The van der Waals surface area contributed by atoms with Crippen molar-refractivity contribution in [3.63, 3.8) is 0 Å². The lowest BCUT2D eigenvalue weighted by Crippen LogP contribution is -2.55. The van der Waals surface area contributed by atoms with Crippen LogP contribution >= 0.6 is 11.6 Å². The summed E-state index contributed by atoms with van der Waals surface area (Å²) >= 11 is 6.14. The molecular formula is C27H33ClN2O3. The fourth-order valence-electron chi connectivity index (χ4n) is 5.09. The van der Waals surface area contributed by atoms with Gasteiger partial charge < -0.3 is 15.1 Å². The van der Waals surface area contributed by atoms with Crippen molar-refractivity contribution in [1.29, 1.82) is 0 Å². The molecule has 0 unspecified atom stereocenters. The van der Waals surface area contributed by atoms with Crippen LogP contribution < -0.4 is 4.90 Å². The lowest BCUT2D eigenvalue weighted by Gasteiger charge is -2.43. The van der Waals surface area contributed by atoms with Gasteiger partial charge in [0.05, 0.1) is 18.2 Å². The van der Waals surface area contributed by atoms with E-state index in [2.05, 4.69) is 35.8 Å². The Morgan fingerprint density at radius 2 is 1.79 bits per heavy atom. The summed E-state index contributed by atoms with van der Waals surface area (Å²) in [6.07, 6.45) is 3.33. The molecule has 0 radical (unpaired) electrons. The lowest BCUT2D eigenvalue weighted by molar-refractivity contribution is 0.0697. The van der Waals surface area contributed by atoms with E-state index in [9.17, 15) is 9.90 Å². The molecule has 176 valence electrons. The highest BCUT2D eigenvalue weighted by Gasteiger charge is 2.31. The number of piperazine rings is 1. The number of aliphatic hydroxyl groups excluding tert-OH is 1. The van der Waals surface area contributed by atoms with Crippen molar-refractivity contribution in [3.05, 3.63) is 70.3 Å². The molecule has 1 aliphatic carbocycles. The molecule has 0 aromatic heterocycles. The van der Waals surface area contributed by atoms with Crippen molar-refractivity contribution in [2.75, 3.05) is 37.7 Å². The molecule has 2 aliphatic rings. The molecule has 4 rings (SSSR count). The van der Waals surface area contributed by atoms with Gasteiger partial charge in [0.1, 0.15) is 0 Å². The van der Waals surface area contributed by atoms with Crippen LogP contribution in [0.4, 0.5) is 5.69 Å². The third kappa shape index (κ3) is 5.60. The first-order valence-electron chi connectivity index (χ1n) is 11.7. The molecular weight excluding hydrogens is 436 g/mol. The van der Waals surface area contributed by atoms with Crippen LogP contribution in [0.5, 0.6) is 0 Å². The summed E-state index contributed by atoms with van der Waals surface area (Å²) in [6, 6.07) is 15.1. The quantitative estimate of drug-likeness (QED) is 0.611. The van der Waals surface area contributed by atoms with Gasteiger partial charge in [-0.3, -0.25) is 4.90 Å². The molecule has 2 aromatic carbocycles. The minimum Gasteiger partial charge on any atom is -0.478 e. The van der Waals surface area contributed by atoms with E-state index in [1.54, 1.807) is 12.1 Å². The predicted octanol–water partition coefficient (Wildman–Crippen LogP) is 5.19. The van der Waals surface area contributed by atoms with E-state index in [-0.39, 0.29) is 23.6 Å². The summed E-state index contributed by atoms with van der Waals surface area (Å²) in [5.41, 5.74) is 5.72. The molecule has 0 amide bonds. The number of rotatable bonds is 6. The Balaban J connectivity index is 1.51. The molecule has 0 spiro atoms. The van der Waals surface area contributed by atoms with E-state index in [1.807, 2.05) is 24.3 Å². The van der Waals surface area contributed by atoms with Gasteiger partial charge in [-0.05, 0) is 72.2 Å². The number of hydrogen-bond donors (Lipinski definition) is 2. The fraction of sp³-hybridized carbons (Fsp3) is 0.444. The molecule has 1 fully saturated rings. The van der Waals surface area contributed by atoms with Crippen LogP contribution in [0.25, 0.3) is 5.57 Å². The zero-order valence-corrected chi connectivity index (χ0v) is 20.2. The van der Waals surface area contributed by atoms with Crippen LogP contribution in [0.3, 0.4) is 0 Å². The molecule has 2 N–H and O–H groups in total. The standard InChI is InChI=1S/C27H33ClN2O3/c1-27(2)12-11-21(25(15-27)19-3-7-22(28)8-4-19)16-29-13-14-30(24(17-29)18-31)23-9-5-20(6-10-23)26(32)33/h3-10,24,31H,11-18H2,1-2H3,(H,32,33)/t24-/m0/s1. The fourth-order valence-corrected chi connectivity index (χ4v) is 5.21. The number of carboxylic acids is 1. The third-order valence-corrected chi connectivity index (χ3v) is 7.27. The van der Waals surface area contributed by atoms with Gasteiger partial charge in [0.2, 0.25) is 0 Å². The lowest BCUT2D eigenvalue weighted by atomic mass is 9.72. The normalized spacial score (nSPS) is 21.3. The number of anilines is 1. The van der Waals surface area contributed by atoms with Crippen molar-refractivity contribution >= 4 is 28.8 Å². The van der Waals surface area contributed by atoms with Gasteiger partial charge in [0.15, 0.2) is 0 Å². The first-order valence-corrected chi connectivity index (χ1v) is 12.0. The van der Waals surface area contributed by atoms with Gasteiger partial charge >= 0.3 is 5.97 Å². The Labute approximate surface area is 201 Å². The van der Waals surface area contributed by atoms with Gasteiger partial charge in [-0.15, -0.1) is 0 Å². The van der Waals surface area contributed by atoms with E-state index in [1.165, 1.54) is 23.1 Å². The van der Waals surface area contributed by atoms with Crippen LogP contribution in [-0.2, 0) is 0 Å². The SMILES string of the molecule is CC1(C)CCC(CN2CCN(c3ccc(C(=O)O)cc3)[C@H](CO)C2)=C(c2ccc(Cl)cc2)C1. The Bertz CT molecular complexity index is 1010. The number of aromatic carboxylic acids is 1. The highest BCUT2D eigenvalue weighted by Crippen LogP contribution is 2.43. The Morgan fingerprint density at radius 3 is 2.42 bits per heavy atom. The van der Waals surface area contributed by atoms with Gasteiger partial charge in [-0.2, -0.15) is 0 Å². The van der Waals surface area contributed by atoms with Crippen LogP contribution in [0.1, 0.15) is 49.0 Å². The third-order valence-electron chi connectivity index (χ3n) is 7.02. The molecule has 1 aliphatic heterocycles. The molecule has 0 saturated carbocycles. The monoisotopic (exact) mass is 468 g/mol. The van der Waals surface area contributed by atoms with E-state index < -0.39 is 5.97 Å². The van der Waals surface area contributed by atoms with E-state index in [0.717, 1.165) is 49.7 Å². The summed E-state index contributed by atoms with van der Waals surface area (Å²) in [7, 11) is 0. The van der Waals surface area contributed by atoms with Crippen molar-refractivity contribution in [1.82, 2.24) is 4.90 Å². The minimum absolute atomic E-state index is 0.0194. The van der Waals surface area contributed by atoms with Crippen LogP contribution in [0, 0.1) is 5.41 Å². The number of allylic oxidation sites excluding steroid dienone is 1. The smallest absolute Gasteiger partial charge is 0.335 e. The number of hydrogen-bond acceptors (Lipinski definition) is 4. The van der Waals surface area contributed by atoms with E-state index in [4.69, 9.17) is 16.7 Å². The summed E-state index contributed by atoms with van der Waals surface area (Å²) in [5.74, 6) is -0.925. The number of benzene rings is 2. The Hall–Kier alpha value is -2.34. The maximum Gasteiger partial charge on any atom is 0.335 e. The number of aliphatic hydroxyl groups is 1. The van der Waals surface area contributed by atoms with Crippen LogP contribution in [-0.4, -0.2) is 59.9 Å². The minimum atomic E-state index is -0.925. The second kappa shape index (κ2) is 9.88. The zero-order valence-electron chi connectivity index (χ0n) is 19.4. The van der Waals surface area contributed by atoms with E-state index >= 15 is 0 Å². The second-order valence-corrected chi connectivity index (χ2v) is 10.5. The van der Waals surface area contributed by atoms with Crippen molar-refractivity contribution in [3.8, 4) is 0 Å². The second-order valence-electron chi connectivity index (χ2n) is 10.0. The Morgan fingerprint density at radius 1 is 1.09 bits per heavy atom. The summed E-state index contributed by atoms with van der Waals surface area (Å²) in [5, 5.41) is 20.0. The number of halogens is 1. The van der Waals surface area contributed by atoms with Crippen LogP contribution in [0.2, 0.25) is 5.02 Å². The van der Waals surface area contributed by atoms with E-state index in [0.29, 0.717) is 0 Å². The molecule has 1 heterocycles. The summed E-state index contributed by atoms with van der Waals surface area (Å²) in [4.78, 5) is 15.8. The maximum atomic E-state index is 11.2. The van der Waals surface area contributed by atoms with Gasteiger partial charge in [-0.25, -0.2) is 4.79 Å². The van der Waals surface area contributed by atoms with Gasteiger partial charge in [0.25, 0.3) is 0 Å². The first kappa shape index (κ1) is 23.8. The topological polar surface area (TPSA) is 64.0 Å². The first-order chi connectivity index (χ1) is 15.8. The molecule has 0 bridgehead atoms.